The minimum atomic E-state index is -0.284. The molecule has 0 bridgehead atoms. The second-order valence-electron chi connectivity index (χ2n) is 5.88. The number of anilines is 1. The van der Waals surface area contributed by atoms with Crippen molar-refractivity contribution in [1.29, 1.82) is 0 Å². The summed E-state index contributed by atoms with van der Waals surface area (Å²) in [5.74, 6) is 0.816. The number of benzene rings is 1. The molecule has 1 heterocycles. The lowest BCUT2D eigenvalue weighted by Crippen LogP contribution is -2.44. The Balaban J connectivity index is 2.10. The molecule has 0 saturated carbocycles. The Labute approximate surface area is 153 Å². The quantitative estimate of drug-likeness (QED) is 0.779. The van der Waals surface area contributed by atoms with Gasteiger partial charge in [0.15, 0.2) is 11.5 Å². The standard InChI is InChI=1S/C18H26N2O6/c1-5-26-17(21)12-7-6-8-20(11-12)18(22)19-13-9-14(23-2)16(25-4)15(10-13)24-3/h9-10,12H,5-8,11H2,1-4H3,(H,19,22). The van der Waals surface area contributed by atoms with Crippen LogP contribution in [0.25, 0.3) is 0 Å². The molecule has 144 valence electrons. The van der Waals surface area contributed by atoms with Crippen molar-refractivity contribution < 1.29 is 28.5 Å². The summed E-state index contributed by atoms with van der Waals surface area (Å²) in [5.41, 5.74) is 0.516. The van der Waals surface area contributed by atoms with Crippen molar-refractivity contribution in [3.63, 3.8) is 0 Å². The van der Waals surface area contributed by atoms with Crippen LogP contribution in [0.4, 0.5) is 10.5 Å². The van der Waals surface area contributed by atoms with Gasteiger partial charge in [0.2, 0.25) is 5.75 Å². The van der Waals surface area contributed by atoms with E-state index >= 15 is 0 Å². The Kier molecular flexibility index (Phi) is 6.94. The highest BCUT2D eigenvalue weighted by atomic mass is 16.5. The van der Waals surface area contributed by atoms with Gasteiger partial charge in [0.05, 0.1) is 39.5 Å². The molecule has 26 heavy (non-hydrogen) atoms. The van der Waals surface area contributed by atoms with E-state index < -0.39 is 0 Å². The predicted molar refractivity (Wildman–Crippen MR) is 96.0 cm³/mol. The monoisotopic (exact) mass is 366 g/mol. The Hall–Kier alpha value is -2.64. The van der Waals surface area contributed by atoms with Gasteiger partial charge in [-0.3, -0.25) is 4.79 Å². The summed E-state index contributed by atoms with van der Waals surface area (Å²) < 4.78 is 20.9. The maximum Gasteiger partial charge on any atom is 0.321 e. The van der Waals surface area contributed by atoms with E-state index in [0.717, 1.165) is 12.8 Å². The number of carbonyl (C=O) groups is 2. The predicted octanol–water partition coefficient (Wildman–Crippen LogP) is 2.52. The van der Waals surface area contributed by atoms with Crippen LogP contribution in [0, 0.1) is 5.92 Å². The Bertz CT molecular complexity index is 624. The molecule has 1 aliphatic heterocycles. The molecule has 0 aliphatic carbocycles. The van der Waals surface area contributed by atoms with Gasteiger partial charge in [0.1, 0.15) is 0 Å². The lowest BCUT2D eigenvalue weighted by atomic mass is 9.98. The molecular formula is C18H26N2O6. The number of esters is 1. The highest BCUT2D eigenvalue weighted by molar-refractivity contribution is 5.90. The number of nitrogens with one attached hydrogen (secondary N) is 1. The van der Waals surface area contributed by atoms with E-state index in [-0.39, 0.29) is 17.9 Å². The molecule has 8 heteroatoms. The van der Waals surface area contributed by atoms with E-state index in [1.54, 1.807) is 24.0 Å². The van der Waals surface area contributed by atoms with E-state index in [0.29, 0.717) is 42.6 Å². The SMILES string of the molecule is CCOC(=O)C1CCCN(C(=O)Nc2cc(OC)c(OC)c(OC)c2)C1. The summed E-state index contributed by atoms with van der Waals surface area (Å²) >= 11 is 0. The van der Waals surface area contributed by atoms with E-state index in [1.165, 1.54) is 21.3 Å². The smallest absolute Gasteiger partial charge is 0.321 e. The molecule has 1 aromatic rings. The summed E-state index contributed by atoms with van der Waals surface area (Å²) in [6.45, 7) is 3.05. The number of methoxy groups -OCH3 is 3. The largest absolute Gasteiger partial charge is 0.493 e. The number of amides is 2. The van der Waals surface area contributed by atoms with Crippen LogP contribution in [0.1, 0.15) is 19.8 Å². The fourth-order valence-corrected chi connectivity index (χ4v) is 2.97. The molecule has 2 rings (SSSR count). The molecule has 1 aliphatic rings. The van der Waals surface area contributed by atoms with E-state index in [9.17, 15) is 9.59 Å². The fraction of sp³-hybridized carbons (Fsp3) is 0.556. The van der Waals surface area contributed by atoms with Gasteiger partial charge in [-0.05, 0) is 19.8 Å². The number of rotatable bonds is 6. The summed E-state index contributed by atoms with van der Waals surface area (Å²) in [4.78, 5) is 26.2. The highest BCUT2D eigenvalue weighted by Gasteiger charge is 2.29. The first-order chi connectivity index (χ1) is 12.5. The van der Waals surface area contributed by atoms with Crippen molar-refractivity contribution in [3.8, 4) is 17.2 Å². The van der Waals surface area contributed by atoms with Crippen molar-refractivity contribution in [2.45, 2.75) is 19.8 Å². The third-order valence-corrected chi connectivity index (χ3v) is 4.24. The first kappa shape index (κ1) is 19.7. The van der Waals surface area contributed by atoms with Crippen molar-refractivity contribution in [2.24, 2.45) is 5.92 Å². The van der Waals surface area contributed by atoms with Crippen molar-refractivity contribution in [1.82, 2.24) is 4.90 Å². The number of hydrogen-bond donors (Lipinski definition) is 1. The minimum absolute atomic E-state index is 0.252. The molecule has 1 N–H and O–H groups in total. The van der Waals surface area contributed by atoms with Crippen LogP contribution < -0.4 is 19.5 Å². The van der Waals surface area contributed by atoms with Crippen molar-refractivity contribution in [3.05, 3.63) is 12.1 Å². The number of likely N-dealkylation sites (tertiary alicyclic amines) is 1. The van der Waals surface area contributed by atoms with Crippen LogP contribution in [0.2, 0.25) is 0 Å². The second kappa shape index (κ2) is 9.17. The van der Waals surface area contributed by atoms with Crippen molar-refractivity contribution in [2.75, 3.05) is 46.3 Å². The van der Waals surface area contributed by atoms with Gasteiger partial charge in [-0.25, -0.2) is 4.79 Å². The molecule has 1 unspecified atom stereocenters. The third-order valence-electron chi connectivity index (χ3n) is 4.24. The van der Waals surface area contributed by atoms with Crippen LogP contribution in [-0.4, -0.2) is 57.9 Å². The Morgan fingerprint density at radius 1 is 1.15 bits per heavy atom. The first-order valence-electron chi connectivity index (χ1n) is 8.56. The first-order valence-corrected chi connectivity index (χ1v) is 8.56. The van der Waals surface area contributed by atoms with E-state index in [2.05, 4.69) is 5.32 Å². The maximum atomic E-state index is 12.6. The third kappa shape index (κ3) is 4.50. The van der Waals surface area contributed by atoms with Crippen molar-refractivity contribution >= 4 is 17.7 Å². The average Bonchev–Trinajstić information content (AvgIpc) is 2.67. The van der Waals surface area contributed by atoms with Gasteiger partial charge in [0, 0.05) is 25.2 Å². The fourth-order valence-electron chi connectivity index (χ4n) is 2.97. The van der Waals surface area contributed by atoms with Gasteiger partial charge in [-0.15, -0.1) is 0 Å². The van der Waals surface area contributed by atoms with Crippen LogP contribution in [0.3, 0.4) is 0 Å². The number of piperidine rings is 1. The summed E-state index contributed by atoms with van der Waals surface area (Å²) in [6, 6.07) is 3.03. The Morgan fingerprint density at radius 3 is 2.35 bits per heavy atom. The molecule has 1 saturated heterocycles. The number of ether oxygens (including phenoxy) is 4. The number of nitrogens with zero attached hydrogens (tertiary/aromatic N) is 1. The van der Waals surface area contributed by atoms with Gasteiger partial charge < -0.3 is 29.2 Å². The number of carbonyl (C=O) groups excluding carboxylic acids is 2. The van der Waals surface area contributed by atoms with E-state index in [4.69, 9.17) is 18.9 Å². The zero-order valence-corrected chi connectivity index (χ0v) is 15.7. The molecule has 2 amide bonds. The molecule has 0 spiro atoms. The molecular weight excluding hydrogens is 340 g/mol. The lowest BCUT2D eigenvalue weighted by molar-refractivity contribution is -0.149. The van der Waals surface area contributed by atoms with Crippen LogP contribution >= 0.6 is 0 Å². The summed E-state index contributed by atoms with van der Waals surface area (Å²) in [7, 11) is 4.54. The summed E-state index contributed by atoms with van der Waals surface area (Å²) in [5, 5.41) is 2.82. The number of urea groups is 1. The van der Waals surface area contributed by atoms with Crippen LogP contribution in [0.5, 0.6) is 17.2 Å². The molecule has 1 fully saturated rings. The zero-order chi connectivity index (χ0) is 19.1. The second-order valence-corrected chi connectivity index (χ2v) is 5.88. The topological polar surface area (TPSA) is 86.3 Å². The van der Waals surface area contributed by atoms with Gasteiger partial charge in [-0.2, -0.15) is 0 Å². The molecule has 8 nitrogen and oxygen atoms in total. The normalized spacial score (nSPS) is 16.6. The van der Waals surface area contributed by atoms with Gasteiger partial charge >= 0.3 is 12.0 Å². The highest BCUT2D eigenvalue weighted by Crippen LogP contribution is 2.40. The van der Waals surface area contributed by atoms with E-state index in [1.807, 2.05) is 0 Å². The number of hydrogen-bond acceptors (Lipinski definition) is 6. The van der Waals surface area contributed by atoms with Crippen LogP contribution in [-0.2, 0) is 9.53 Å². The zero-order valence-electron chi connectivity index (χ0n) is 15.7. The average molecular weight is 366 g/mol. The molecule has 0 radical (unpaired) electrons. The lowest BCUT2D eigenvalue weighted by Gasteiger charge is -2.31. The van der Waals surface area contributed by atoms with Crippen LogP contribution in [0.15, 0.2) is 12.1 Å². The molecule has 1 aromatic carbocycles. The molecule has 0 aromatic heterocycles. The maximum absolute atomic E-state index is 12.6. The Morgan fingerprint density at radius 2 is 1.81 bits per heavy atom. The van der Waals surface area contributed by atoms with Gasteiger partial charge in [0.25, 0.3) is 0 Å². The minimum Gasteiger partial charge on any atom is -0.493 e. The summed E-state index contributed by atoms with van der Waals surface area (Å²) in [6.07, 6.45) is 1.49. The van der Waals surface area contributed by atoms with Gasteiger partial charge in [-0.1, -0.05) is 0 Å². The molecule has 1 atom stereocenters.